The van der Waals surface area contributed by atoms with E-state index in [1.54, 1.807) is 0 Å². The quantitative estimate of drug-likeness (QED) is 0.424. The number of nitrogens with zero attached hydrogens (tertiary/aromatic N) is 3. The second kappa shape index (κ2) is 8.31. The first kappa shape index (κ1) is 16.2. The van der Waals surface area contributed by atoms with Crippen molar-refractivity contribution < 1.29 is 9.66 Å². The van der Waals surface area contributed by atoms with E-state index in [0.717, 1.165) is 26.1 Å². The van der Waals surface area contributed by atoms with Gasteiger partial charge in [-0.1, -0.05) is 13.8 Å². The van der Waals surface area contributed by atoms with E-state index in [-0.39, 0.29) is 11.5 Å². The first-order chi connectivity index (χ1) is 9.62. The summed E-state index contributed by atoms with van der Waals surface area (Å²) < 4.78 is 4.99. The van der Waals surface area contributed by atoms with E-state index in [4.69, 9.17) is 4.74 Å². The largest absolute Gasteiger partial charge is 0.481 e. The van der Waals surface area contributed by atoms with E-state index >= 15 is 0 Å². The first-order valence-corrected chi connectivity index (χ1v) is 6.78. The molecule has 0 bridgehead atoms. The van der Waals surface area contributed by atoms with E-state index < -0.39 is 4.92 Å². The number of pyridine rings is 1. The summed E-state index contributed by atoms with van der Waals surface area (Å²) in [6.07, 6.45) is 0.901. The van der Waals surface area contributed by atoms with Crippen LogP contribution in [0.3, 0.4) is 0 Å². The molecule has 0 spiro atoms. The van der Waals surface area contributed by atoms with Crippen LogP contribution in [0.1, 0.15) is 20.3 Å². The van der Waals surface area contributed by atoms with Gasteiger partial charge in [-0.25, -0.2) is 0 Å². The molecule has 20 heavy (non-hydrogen) atoms. The Morgan fingerprint density at radius 3 is 2.65 bits per heavy atom. The maximum Gasteiger partial charge on any atom is 0.311 e. The zero-order valence-corrected chi connectivity index (χ0v) is 12.3. The fourth-order valence-electron chi connectivity index (χ4n) is 1.87. The molecule has 1 rings (SSSR count). The van der Waals surface area contributed by atoms with Gasteiger partial charge in [-0.15, -0.1) is 0 Å². The van der Waals surface area contributed by atoms with Crippen LogP contribution < -0.4 is 10.1 Å². The molecule has 0 unspecified atom stereocenters. The van der Waals surface area contributed by atoms with Crippen molar-refractivity contribution in [2.24, 2.45) is 0 Å². The number of hydrogen-bond donors (Lipinski definition) is 1. The van der Waals surface area contributed by atoms with Crippen LogP contribution in [0.15, 0.2) is 12.1 Å². The molecule has 112 valence electrons. The predicted molar refractivity (Wildman–Crippen MR) is 78.3 cm³/mol. The van der Waals surface area contributed by atoms with Crippen molar-refractivity contribution in [1.29, 1.82) is 0 Å². The van der Waals surface area contributed by atoms with Gasteiger partial charge in [0.2, 0.25) is 11.7 Å². The second-order valence-electron chi connectivity index (χ2n) is 4.29. The summed E-state index contributed by atoms with van der Waals surface area (Å²) in [5.41, 5.74) is -0.0337. The van der Waals surface area contributed by atoms with Crippen molar-refractivity contribution in [3.8, 4) is 5.88 Å². The molecule has 1 aromatic heterocycles. The Morgan fingerprint density at radius 1 is 1.40 bits per heavy atom. The lowest BCUT2D eigenvalue weighted by Gasteiger charge is -2.17. The van der Waals surface area contributed by atoms with Crippen molar-refractivity contribution in [2.45, 2.75) is 20.3 Å². The van der Waals surface area contributed by atoms with E-state index in [2.05, 4.69) is 29.0 Å². The van der Waals surface area contributed by atoms with Gasteiger partial charge in [0.15, 0.2) is 0 Å². The smallest absolute Gasteiger partial charge is 0.311 e. The highest BCUT2D eigenvalue weighted by Gasteiger charge is 2.15. The lowest BCUT2D eigenvalue weighted by Crippen LogP contribution is -2.25. The molecule has 1 N–H and O–H groups in total. The lowest BCUT2D eigenvalue weighted by atomic mass is 10.3. The molecule has 0 aliphatic heterocycles. The summed E-state index contributed by atoms with van der Waals surface area (Å²) in [4.78, 5) is 16.9. The topological polar surface area (TPSA) is 80.5 Å². The molecular formula is C13H22N4O3. The van der Waals surface area contributed by atoms with Crippen molar-refractivity contribution >= 4 is 11.5 Å². The molecule has 0 amide bonds. The minimum Gasteiger partial charge on any atom is -0.481 e. The van der Waals surface area contributed by atoms with Gasteiger partial charge in [-0.3, -0.25) is 10.1 Å². The van der Waals surface area contributed by atoms with Crippen LogP contribution in [-0.2, 0) is 0 Å². The number of methoxy groups -OCH3 is 1. The molecule has 0 saturated carbocycles. The fraction of sp³-hybridized carbons (Fsp3) is 0.615. The maximum atomic E-state index is 10.9. The Hall–Kier alpha value is -1.89. The van der Waals surface area contributed by atoms with Gasteiger partial charge in [-0.2, -0.15) is 4.98 Å². The van der Waals surface area contributed by atoms with Crippen LogP contribution in [0.25, 0.3) is 0 Å². The van der Waals surface area contributed by atoms with E-state index in [0.29, 0.717) is 12.4 Å². The van der Waals surface area contributed by atoms with Gasteiger partial charge in [-0.05, 0) is 26.1 Å². The number of ether oxygens (including phenoxy) is 1. The molecule has 1 heterocycles. The normalized spacial score (nSPS) is 10.6. The van der Waals surface area contributed by atoms with Crippen molar-refractivity contribution in [3.63, 3.8) is 0 Å². The third-order valence-electron chi connectivity index (χ3n) is 3.09. The number of anilines is 1. The van der Waals surface area contributed by atoms with Gasteiger partial charge in [0.1, 0.15) is 0 Å². The SMILES string of the molecule is CCN(CC)CCCNc1nc(OC)ccc1[N+](=O)[O-]. The molecule has 7 nitrogen and oxygen atoms in total. The first-order valence-electron chi connectivity index (χ1n) is 6.78. The molecule has 0 fully saturated rings. The number of aromatic nitrogens is 1. The van der Waals surface area contributed by atoms with E-state index in [1.165, 1.54) is 19.2 Å². The van der Waals surface area contributed by atoms with Gasteiger partial charge in [0.05, 0.1) is 12.0 Å². The van der Waals surface area contributed by atoms with Gasteiger partial charge >= 0.3 is 5.69 Å². The third-order valence-corrected chi connectivity index (χ3v) is 3.09. The van der Waals surface area contributed by atoms with Crippen LogP contribution in [0, 0.1) is 10.1 Å². The van der Waals surface area contributed by atoms with Crippen molar-refractivity contribution in [1.82, 2.24) is 9.88 Å². The third kappa shape index (κ3) is 4.65. The lowest BCUT2D eigenvalue weighted by molar-refractivity contribution is -0.384. The van der Waals surface area contributed by atoms with Crippen molar-refractivity contribution in [3.05, 3.63) is 22.2 Å². The molecule has 7 heteroatoms. The predicted octanol–water partition coefficient (Wildman–Crippen LogP) is 2.14. The summed E-state index contributed by atoms with van der Waals surface area (Å²) in [6, 6.07) is 2.89. The van der Waals surface area contributed by atoms with E-state index in [1.807, 2.05) is 0 Å². The average molecular weight is 282 g/mol. The molecule has 0 saturated heterocycles. The highest BCUT2D eigenvalue weighted by molar-refractivity contribution is 5.56. The van der Waals surface area contributed by atoms with Crippen LogP contribution in [0.4, 0.5) is 11.5 Å². The van der Waals surface area contributed by atoms with Gasteiger partial charge in [0, 0.05) is 18.7 Å². The van der Waals surface area contributed by atoms with Gasteiger partial charge in [0.25, 0.3) is 0 Å². The minimum atomic E-state index is -0.445. The molecule has 0 aromatic carbocycles. The van der Waals surface area contributed by atoms with E-state index in [9.17, 15) is 10.1 Å². The summed E-state index contributed by atoms with van der Waals surface area (Å²) in [5, 5.41) is 13.9. The standard InChI is InChI=1S/C13H22N4O3/c1-4-16(5-2)10-6-9-14-13-11(17(18)19)7-8-12(15-13)20-3/h7-8H,4-6,9-10H2,1-3H3,(H,14,15). The van der Waals surface area contributed by atoms with Crippen LogP contribution in [0.2, 0.25) is 0 Å². The van der Waals surface area contributed by atoms with Gasteiger partial charge < -0.3 is 15.0 Å². The Morgan fingerprint density at radius 2 is 2.10 bits per heavy atom. The zero-order chi connectivity index (χ0) is 15.0. The summed E-state index contributed by atoms with van der Waals surface area (Å²) in [5.74, 6) is 0.621. The summed E-state index contributed by atoms with van der Waals surface area (Å²) >= 11 is 0. The Bertz CT molecular complexity index is 436. The molecule has 0 radical (unpaired) electrons. The molecule has 0 aliphatic rings. The monoisotopic (exact) mass is 282 g/mol. The average Bonchev–Trinajstić information content (AvgIpc) is 2.47. The van der Waals surface area contributed by atoms with Crippen LogP contribution in [0.5, 0.6) is 5.88 Å². The van der Waals surface area contributed by atoms with Crippen LogP contribution >= 0.6 is 0 Å². The number of nitrogens with one attached hydrogen (secondary N) is 1. The molecular weight excluding hydrogens is 260 g/mol. The summed E-state index contributed by atoms with van der Waals surface area (Å²) in [6.45, 7) is 7.84. The molecule has 0 aliphatic carbocycles. The number of rotatable bonds is 9. The minimum absolute atomic E-state index is 0.0337. The fourth-order valence-corrected chi connectivity index (χ4v) is 1.87. The number of nitro groups is 1. The Balaban J connectivity index is 2.59. The highest BCUT2D eigenvalue weighted by Crippen LogP contribution is 2.24. The zero-order valence-electron chi connectivity index (χ0n) is 12.3. The van der Waals surface area contributed by atoms with Crippen molar-refractivity contribution in [2.75, 3.05) is 38.6 Å². The Labute approximate surface area is 119 Å². The maximum absolute atomic E-state index is 10.9. The Kier molecular flexibility index (Phi) is 6.72. The highest BCUT2D eigenvalue weighted by atomic mass is 16.6. The summed E-state index contributed by atoms with van der Waals surface area (Å²) in [7, 11) is 1.48. The molecule has 0 atom stereocenters. The molecule has 1 aromatic rings. The second-order valence-corrected chi connectivity index (χ2v) is 4.29. The number of hydrogen-bond acceptors (Lipinski definition) is 6. The van der Waals surface area contributed by atoms with Crippen LogP contribution in [-0.4, -0.2) is 48.1 Å².